The molecule has 0 spiro atoms. The van der Waals surface area contributed by atoms with Crippen LogP contribution in [0.2, 0.25) is 0 Å². The average molecular weight is 302 g/mol. The molecule has 3 heteroatoms. The molecule has 0 saturated heterocycles. The molecular formula is C19H30N2O. The Bertz CT molecular complexity index is 445. The van der Waals surface area contributed by atoms with Crippen molar-refractivity contribution in [3.8, 4) is 0 Å². The van der Waals surface area contributed by atoms with Crippen molar-refractivity contribution in [2.75, 3.05) is 11.9 Å². The van der Waals surface area contributed by atoms with E-state index in [1.807, 2.05) is 12.1 Å². The van der Waals surface area contributed by atoms with Gasteiger partial charge in [-0.3, -0.25) is 4.79 Å². The second kappa shape index (κ2) is 8.94. The van der Waals surface area contributed by atoms with Crippen LogP contribution in [-0.2, 0) is 4.79 Å². The highest BCUT2D eigenvalue weighted by Crippen LogP contribution is 2.18. The fourth-order valence-corrected chi connectivity index (χ4v) is 3.05. The van der Waals surface area contributed by atoms with E-state index < -0.39 is 0 Å². The molecule has 0 heterocycles. The Balaban J connectivity index is 1.68. The van der Waals surface area contributed by atoms with Crippen LogP contribution in [0.1, 0.15) is 70.3 Å². The minimum Gasteiger partial charge on any atom is -0.326 e. The predicted octanol–water partition coefficient (Wildman–Crippen LogP) is 4.45. The first-order valence-corrected chi connectivity index (χ1v) is 8.78. The first kappa shape index (κ1) is 17.0. The maximum Gasteiger partial charge on any atom is 0.225 e. The van der Waals surface area contributed by atoms with Crippen molar-refractivity contribution in [1.82, 2.24) is 5.32 Å². The van der Waals surface area contributed by atoms with Gasteiger partial charge in [-0.15, -0.1) is 0 Å². The molecule has 0 bridgehead atoms. The zero-order valence-electron chi connectivity index (χ0n) is 14.0. The first-order chi connectivity index (χ1) is 10.6. The number of amides is 1. The number of anilines is 1. The summed E-state index contributed by atoms with van der Waals surface area (Å²) in [6.45, 7) is 5.13. The molecule has 0 unspecified atom stereocenters. The summed E-state index contributed by atoms with van der Waals surface area (Å²) in [4.78, 5) is 12.0. The van der Waals surface area contributed by atoms with Gasteiger partial charge < -0.3 is 10.6 Å². The lowest BCUT2D eigenvalue weighted by atomic mass is 10.0. The highest BCUT2D eigenvalue weighted by atomic mass is 16.1. The smallest absolute Gasteiger partial charge is 0.225 e. The summed E-state index contributed by atoms with van der Waals surface area (Å²) in [7, 11) is 0. The van der Waals surface area contributed by atoms with E-state index in [2.05, 4.69) is 36.6 Å². The van der Waals surface area contributed by atoms with Gasteiger partial charge in [-0.2, -0.15) is 0 Å². The van der Waals surface area contributed by atoms with E-state index in [0.717, 1.165) is 12.2 Å². The average Bonchev–Trinajstić information content (AvgIpc) is 2.76. The van der Waals surface area contributed by atoms with E-state index in [0.29, 0.717) is 18.4 Å². The molecule has 1 aromatic carbocycles. The van der Waals surface area contributed by atoms with Crippen LogP contribution in [-0.4, -0.2) is 18.5 Å². The second-order valence-electron chi connectivity index (χ2n) is 6.72. The van der Waals surface area contributed by atoms with Gasteiger partial charge in [0.05, 0.1) is 0 Å². The van der Waals surface area contributed by atoms with Gasteiger partial charge in [0.15, 0.2) is 0 Å². The maximum atomic E-state index is 12.0. The summed E-state index contributed by atoms with van der Waals surface area (Å²) < 4.78 is 0. The largest absolute Gasteiger partial charge is 0.326 e. The summed E-state index contributed by atoms with van der Waals surface area (Å²) in [6.07, 6.45) is 8.45. The molecular weight excluding hydrogens is 272 g/mol. The molecule has 0 atom stereocenters. The van der Waals surface area contributed by atoms with Gasteiger partial charge in [-0.1, -0.05) is 51.7 Å². The molecule has 3 nitrogen and oxygen atoms in total. The van der Waals surface area contributed by atoms with Gasteiger partial charge in [0.25, 0.3) is 0 Å². The monoisotopic (exact) mass is 302 g/mol. The molecule has 1 fully saturated rings. The van der Waals surface area contributed by atoms with Gasteiger partial charge in [0.1, 0.15) is 0 Å². The number of hydrogen-bond donors (Lipinski definition) is 2. The predicted molar refractivity (Wildman–Crippen MR) is 93.3 cm³/mol. The summed E-state index contributed by atoms with van der Waals surface area (Å²) >= 11 is 0. The van der Waals surface area contributed by atoms with Crippen molar-refractivity contribution in [3.63, 3.8) is 0 Å². The Morgan fingerprint density at radius 3 is 2.32 bits per heavy atom. The standard InChI is InChI=1S/C19H30N2O/c1-15(2)16-9-11-18(12-10-16)21-19(22)13-14-20-17-7-5-3-4-6-8-17/h9-12,15,17,20H,3-8,13-14H2,1-2H3,(H,21,22). The second-order valence-corrected chi connectivity index (χ2v) is 6.72. The van der Waals surface area contributed by atoms with Crippen LogP contribution in [0.15, 0.2) is 24.3 Å². The van der Waals surface area contributed by atoms with E-state index in [1.54, 1.807) is 0 Å². The van der Waals surface area contributed by atoms with Gasteiger partial charge in [0, 0.05) is 24.7 Å². The van der Waals surface area contributed by atoms with Crippen molar-refractivity contribution in [2.45, 2.75) is 70.8 Å². The molecule has 1 aliphatic rings. The normalized spacial score (nSPS) is 16.5. The third kappa shape index (κ3) is 5.80. The molecule has 22 heavy (non-hydrogen) atoms. The maximum absolute atomic E-state index is 12.0. The van der Waals surface area contributed by atoms with Crippen molar-refractivity contribution >= 4 is 11.6 Å². The molecule has 2 rings (SSSR count). The van der Waals surface area contributed by atoms with Crippen LogP contribution < -0.4 is 10.6 Å². The Kier molecular flexibility index (Phi) is 6.91. The van der Waals surface area contributed by atoms with E-state index in [1.165, 1.54) is 44.1 Å². The molecule has 122 valence electrons. The van der Waals surface area contributed by atoms with E-state index in [4.69, 9.17) is 0 Å². The zero-order chi connectivity index (χ0) is 15.8. The van der Waals surface area contributed by atoms with Crippen LogP contribution in [0.3, 0.4) is 0 Å². The van der Waals surface area contributed by atoms with Crippen molar-refractivity contribution in [2.24, 2.45) is 0 Å². The Hall–Kier alpha value is -1.35. The lowest BCUT2D eigenvalue weighted by molar-refractivity contribution is -0.116. The van der Waals surface area contributed by atoms with Gasteiger partial charge >= 0.3 is 0 Å². The van der Waals surface area contributed by atoms with Gasteiger partial charge in [-0.05, 0) is 36.5 Å². The fraction of sp³-hybridized carbons (Fsp3) is 0.632. The number of carbonyl (C=O) groups excluding carboxylic acids is 1. The van der Waals surface area contributed by atoms with Crippen LogP contribution in [0, 0.1) is 0 Å². The van der Waals surface area contributed by atoms with E-state index in [-0.39, 0.29) is 5.91 Å². The molecule has 0 radical (unpaired) electrons. The molecule has 1 amide bonds. The van der Waals surface area contributed by atoms with Crippen LogP contribution >= 0.6 is 0 Å². The molecule has 1 saturated carbocycles. The molecule has 2 N–H and O–H groups in total. The van der Waals surface area contributed by atoms with E-state index in [9.17, 15) is 4.79 Å². The lowest BCUT2D eigenvalue weighted by Crippen LogP contribution is -2.31. The van der Waals surface area contributed by atoms with Crippen molar-refractivity contribution in [3.05, 3.63) is 29.8 Å². The summed E-state index contributed by atoms with van der Waals surface area (Å²) in [5, 5.41) is 6.52. The molecule has 0 aliphatic heterocycles. The Morgan fingerprint density at radius 1 is 1.09 bits per heavy atom. The SMILES string of the molecule is CC(C)c1ccc(NC(=O)CCNC2CCCCCC2)cc1. The number of nitrogens with one attached hydrogen (secondary N) is 2. The minimum absolute atomic E-state index is 0.0958. The van der Waals surface area contributed by atoms with Gasteiger partial charge in [-0.25, -0.2) is 0 Å². The minimum atomic E-state index is 0.0958. The third-order valence-corrected chi connectivity index (χ3v) is 4.50. The number of hydrogen-bond acceptors (Lipinski definition) is 2. The Morgan fingerprint density at radius 2 is 1.73 bits per heavy atom. The summed E-state index contributed by atoms with van der Waals surface area (Å²) in [5.74, 6) is 0.618. The topological polar surface area (TPSA) is 41.1 Å². The molecule has 1 aromatic rings. The highest BCUT2D eigenvalue weighted by molar-refractivity contribution is 5.90. The van der Waals surface area contributed by atoms with Crippen molar-refractivity contribution in [1.29, 1.82) is 0 Å². The molecule has 0 aromatic heterocycles. The van der Waals surface area contributed by atoms with Crippen molar-refractivity contribution < 1.29 is 4.79 Å². The van der Waals surface area contributed by atoms with E-state index >= 15 is 0 Å². The van der Waals surface area contributed by atoms with Crippen LogP contribution in [0.25, 0.3) is 0 Å². The molecule has 1 aliphatic carbocycles. The highest BCUT2D eigenvalue weighted by Gasteiger charge is 2.12. The fourth-order valence-electron chi connectivity index (χ4n) is 3.05. The zero-order valence-corrected chi connectivity index (χ0v) is 14.0. The first-order valence-electron chi connectivity index (χ1n) is 8.78. The number of benzene rings is 1. The van der Waals surface area contributed by atoms with Crippen LogP contribution in [0.4, 0.5) is 5.69 Å². The summed E-state index contributed by atoms with van der Waals surface area (Å²) in [5.41, 5.74) is 2.19. The number of carbonyl (C=O) groups is 1. The van der Waals surface area contributed by atoms with Gasteiger partial charge in [0.2, 0.25) is 5.91 Å². The third-order valence-electron chi connectivity index (χ3n) is 4.50. The lowest BCUT2D eigenvalue weighted by Gasteiger charge is -2.16. The summed E-state index contributed by atoms with van der Waals surface area (Å²) in [6, 6.07) is 8.77. The quantitative estimate of drug-likeness (QED) is 0.762. The number of rotatable bonds is 6. The van der Waals surface area contributed by atoms with Crippen LogP contribution in [0.5, 0.6) is 0 Å². The Labute approximate surface area is 134 Å².